The highest BCUT2D eigenvalue weighted by Crippen LogP contribution is 2.26. The van der Waals surface area contributed by atoms with Gasteiger partial charge in [0.25, 0.3) is 0 Å². The molecule has 2 rings (SSSR count). The molecular weight excluding hydrogens is 333 g/mol. The van der Waals surface area contributed by atoms with Crippen molar-refractivity contribution < 1.29 is 13.2 Å². The van der Waals surface area contributed by atoms with Crippen LogP contribution in [0, 0.1) is 6.92 Å². The number of likely N-dealkylation sites (tertiary alicyclic amines) is 1. The van der Waals surface area contributed by atoms with E-state index in [1.165, 1.54) is 10.5 Å². The van der Waals surface area contributed by atoms with Gasteiger partial charge in [-0.2, -0.15) is 13.2 Å². The van der Waals surface area contributed by atoms with Crippen molar-refractivity contribution in [2.24, 2.45) is 0 Å². The lowest BCUT2D eigenvalue weighted by Gasteiger charge is -2.33. The lowest BCUT2D eigenvalue weighted by molar-refractivity contribution is -0.147. The van der Waals surface area contributed by atoms with Crippen LogP contribution in [0.2, 0.25) is 0 Å². The van der Waals surface area contributed by atoms with Crippen molar-refractivity contribution in [3.05, 3.63) is 28.2 Å². The Morgan fingerprint density at radius 2 is 1.95 bits per heavy atom. The first kappa shape index (κ1) is 15.6. The maximum Gasteiger partial charge on any atom is 0.401 e. The van der Waals surface area contributed by atoms with E-state index in [0.29, 0.717) is 13.1 Å². The van der Waals surface area contributed by atoms with Crippen molar-refractivity contribution in [1.82, 2.24) is 4.90 Å². The van der Waals surface area contributed by atoms with E-state index in [9.17, 15) is 13.2 Å². The number of benzene rings is 1. The monoisotopic (exact) mass is 350 g/mol. The molecular formula is C14H18BrF3N2. The summed E-state index contributed by atoms with van der Waals surface area (Å²) in [7, 11) is 0. The van der Waals surface area contributed by atoms with Gasteiger partial charge in [0.1, 0.15) is 0 Å². The number of rotatable bonds is 3. The van der Waals surface area contributed by atoms with E-state index in [1.54, 1.807) is 0 Å². The molecule has 1 saturated heterocycles. The molecule has 6 heteroatoms. The van der Waals surface area contributed by atoms with Crippen LogP contribution in [0.5, 0.6) is 0 Å². The van der Waals surface area contributed by atoms with E-state index in [-0.39, 0.29) is 6.04 Å². The van der Waals surface area contributed by atoms with E-state index in [0.717, 1.165) is 23.0 Å². The van der Waals surface area contributed by atoms with Crippen molar-refractivity contribution in [2.45, 2.75) is 32.0 Å². The zero-order chi connectivity index (χ0) is 14.8. The third-order valence-electron chi connectivity index (χ3n) is 3.47. The molecule has 1 heterocycles. The lowest BCUT2D eigenvalue weighted by Crippen LogP contribution is -2.43. The molecule has 1 aromatic rings. The molecule has 0 amide bonds. The van der Waals surface area contributed by atoms with Crippen LogP contribution in [0.4, 0.5) is 18.9 Å². The number of hydrogen-bond donors (Lipinski definition) is 1. The van der Waals surface area contributed by atoms with Gasteiger partial charge in [-0.3, -0.25) is 4.90 Å². The summed E-state index contributed by atoms with van der Waals surface area (Å²) in [4.78, 5) is 1.47. The second kappa shape index (κ2) is 6.35. The number of halogens is 4. The van der Waals surface area contributed by atoms with Gasteiger partial charge >= 0.3 is 6.18 Å². The minimum Gasteiger partial charge on any atom is -0.381 e. The van der Waals surface area contributed by atoms with Crippen molar-refractivity contribution >= 4 is 21.6 Å². The quantitative estimate of drug-likeness (QED) is 0.878. The number of piperidine rings is 1. The fraction of sp³-hybridized carbons (Fsp3) is 0.571. The van der Waals surface area contributed by atoms with Gasteiger partial charge in [-0.15, -0.1) is 0 Å². The van der Waals surface area contributed by atoms with Crippen LogP contribution in [-0.2, 0) is 0 Å². The second-order valence-corrected chi connectivity index (χ2v) is 6.15. The maximum absolute atomic E-state index is 12.3. The van der Waals surface area contributed by atoms with Gasteiger partial charge in [0.05, 0.1) is 6.54 Å². The molecule has 0 bridgehead atoms. The standard InChI is InChI=1S/C14H18BrF3N2/c1-10-2-3-13(12(15)8-10)19-11-4-6-20(7-5-11)9-14(16,17)18/h2-3,8,11,19H,4-7,9H2,1H3. The molecule has 0 aliphatic carbocycles. The second-order valence-electron chi connectivity index (χ2n) is 5.29. The molecule has 1 aliphatic rings. The van der Waals surface area contributed by atoms with Gasteiger partial charge in [0, 0.05) is 29.3 Å². The SMILES string of the molecule is Cc1ccc(NC2CCN(CC(F)(F)F)CC2)c(Br)c1. The molecule has 20 heavy (non-hydrogen) atoms. The highest BCUT2D eigenvalue weighted by molar-refractivity contribution is 9.10. The van der Waals surface area contributed by atoms with Crippen LogP contribution >= 0.6 is 15.9 Å². The number of aryl methyl sites for hydroxylation is 1. The summed E-state index contributed by atoms with van der Waals surface area (Å²) in [6.07, 6.45) is -2.63. The Morgan fingerprint density at radius 1 is 1.30 bits per heavy atom. The number of nitrogens with zero attached hydrogens (tertiary/aromatic N) is 1. The van der Waals surface area contributed by atoms with Gasteiger partial charge in [0.2, 0.25) is 0 Å². The average molecular weight is 351 g/mol. The topological polar surface area (TPSA) is 15.3 Å². The Kier molecular flexibility index (Phi) is 4.96. The Labute approximate surface area is 125 Å². The molecule has 2 nitrogen and oxygen atoms in total. The lowest BCUT2D eigenvalue weighted by atomic mass is 10.0. The summed E-state index contributed by atoms with van der Waals surface area (Å²) in [5.74, 6) is 0. The molecule has 0 aromatic heterocycles. The highest BCUT2D eigenvalue weighted by atomic mass is 79.9. The van der Waals surface area contributed by atoms with Gasteiger partial charge in [-0.05, 0) is 53.4 Å². The van der Waals surface area contributed by atoms with E-state index >= 15 is 0 Å². The van der Waals surface area contributed by atoms with E-state index in [4.69, 9.17) is 0 Å². The molecule has 0 saturated carbocycles. The zero-order valence-corrected chi connectivity index (χ0v) is 12.9. The molecule has 1 aromatic carbocycles. The normalized spacial score (nSPS) is 18.2. The van der Waals surface area contributed by atoms with E-state index in [1.807, 2.05) is 25.1 Å². The molecule has 0 unspecified atom stereocenters. The summed E-state index contributed by atoms with van der Waals surface area (Å²) >= 11 is 3.50. The third kappa shape index (κ3) is 4.66. The first-order chi connectivity index (χ1) is 9.33. The van der Waals surface area contributed by atoms with Crippen molar-refractivity contribution in [3.63, 3.8) is 0 Å². The largest absolute Gasteiger partial charge is 0.401 e. The number of nitrogens with one attached hydrogen (secondary N) is 1. The predicted molar refractivity (Wildman–Crippen MR) is 78.0 cm³/mol. The van der Waals surface area contributed by atoms with Gasteiger partial charge in [-0.25, -0.2) is 0 Å². The summed E-state index contributed by atoms with van der Waals surface area (Å²) in [6, 6.07) is 6.28. The molecule has 1 aliphatic heterocycles. The minimum atomic E-state index is -4.10. The molecule has 0 radical (unpaired) electrons. The van der Waals surface area contributed by atoms with Gasteiger partial charge < -0.3 is 5.32 Å². The van der Waals surface area contributed by atoms with Crippen LogP contribution in [0.25, 0.3) is 0 Å². The Balaban J connectivity index is 1.85. The summed E-state index contributed by atoms with van der Waals surface area (Å²) in [5.41, 5.74) is 2.17. The number of hydrogen-bond acceptors (Lipinski definition) is 2. The van der Waals surface area contributed by atoms with Crippen LogP contribution in [0.15, 0.2) is 22.7 Å². The average Bonchev–Trinajstić information content (AvgIpc) is 2.33. The van der Waals surface area contributed by atoms with Gasteiger partial charge in [-0.1, -0.05) is 6.07 Å². The van der Waals surface area contributed by atoms with Crippen LogP contribution in [0.1, 0.15) is 18.4 Å². The van der Waals surface area contributed by atoms with Crippen molar-refractivity contribution in [3.8, 4) is 0 Å². The van der Waals surface area contributed by atoms with Crippen LogP contribution in [0.3, 0.4) is 0 Å². The van der Waals surface area contributed by atoms with Crippen LogP contribution < -0.4 is 5.32 Å². The van der Waals surface area contributed by atoms with E-state index in [2.05, 4.69) is 21.2 Å². The zero-order valence-electron chi connectivity index (χ0n) is 11.3. The third-order valence-corrected chi connectivity index (χ3v) is 4.13. The molecule has 1 N–H and O–H groups in total. The summed E-state index contributed by atoms with van der Waals surface area (Å²) in [6.45, 7) is 2.19. The van der Waals surface area contributed by atoms with Gasteiger partial charge in [0.15, 0.2) is 0 Å². The smallest absolute Gasteiger partial charge is 0.381 e. The maximum atomic E-state index is 12.3. The van der Waals surface area contributed by atoms with Crippen molar-refractivity contribution in [2.75, 3.05) is 25.0 Å². The fourth-order valence-electron chi connectivity index (χ4n) is 2.45. The van der Waals surface area contributed by atoms with Crippen molar-refractivity contribution in [1.29, 1.82) is 0 Å². The Bertz CT molecular complexity index is 454. The highest BCUT2D eigenvalue weighted by Gasteiger charge is 2.32. The Morgan fingerprint density at radius 3 is 2.50 bits per heavy atom. The Hall–Kier alpha value is -0.750. The first-order valence-corrected chi connectivity index (χ1v) is 7.44. The summed E-state index contributed by atoms with van der Waals surface area (Å²) in [5, 5.41) is 3.40. The molecule has 0 spiro atoms. The number of alkyl halides is 3. The predicted octanol–water partition coefficient (Wildman–Crippen LogP) is 4.20. The summed E-state index contributed by atoms with van der Waals surface area (Å²) < 4.78 is 37.9. The molecule has 112 valence electrons. The van der Waals surface area contributed by atoms with E-state index < -0.39 is 12.7 Å². The molecule has 0 atom stereocenters. The minimum absolute atomic E-state index is 0.235. The number of anilines is 1. The fourth-order valence-corrected chi connectivity index (χ4v) is 3.05. The van der Waals surface area contributed by atoms with Crippen LogP contribution in [-0.4, -0.2) is 36.8 Å². The molecule has 1 fully saturated rings. The first-order valence-electron chi connectivity index (χ1n) is 6.65.